The SMILES string of the molecule is O=C(/C=C/c1ccc2ccccc2n1)OCc1nnc(-c2ccc(Cl)cc2)o1. The largest absolute Gasteiger partial charge is 0.452 e. The van der Waals surface area contributed by atoms with Crippen LogP contribution in [-0.4, -0.2) is 21.2 Å². The second kappa shape index (κ2) is 8.02. The zero-order chi connectivity index (χ0) is 19.3. The lowest BCUT2D eigenvalue weighted by Crippen LogP contribution is -2.01. The third-order valence-electron chi connectivity index (χ3n) is 3.91. The van der Waals surface area contributed by atoms with E-state index in [0.29, 0.717) is 16.6 Å². The number of halogens is 1. The number of rotatable bonds is 5. The molecule has 0 saturated carbocycles. The quantitative estimate of drug-likeness (QED) is 0.362. The molecule has 0 atom stereocenters. The molecule has 0 N–H and O–H groups in total. The van der Waals surface area contributed by atoms with E-state index in [-0.39, 0.29) is 12.5 Å². The minimum Gasteiger partial charge on any atom is -0.452 e. The van der Waals surface area contributed by atoms with Gasteiger partial charge < -0.3 is 9.15 Å². The van der Waals surface area contributed by atoms with Gasteiger partial charge in [-0.1, -0.05) is 35.9 Å². The molecule has 138 valence electrons. The molecule has 0 unspecified atom stereocenters. The molecule has 0 bridgehead atoms. The number of hydrogen-bond donors (Lipinski definition) is 0. The highest BCUT2D eigenvalue weighted by molar-refractivity contribution is 6.30. The van der Waals surface area contributed by atoms with Crippen molar-refractivity contribution < 1.29 is 13.9 Å². The smallest absolute Gasteiger partial charge is 0.331 e. The first kappa shape index (κ1) is 17.9. The minimum absolute atomic E-state index is 0.116. The molecule has 0 amide bonds. The molecule has 0 radical (unpaired) electrons. The predicted molar refractivity (Wildman–Crippen MR) is 105 cm³/mol. The number of carbonyl (C=O) groups excluding carboxylic acids is 1. The lowest BCUT2D eigenvalue weighted by Gasteiger charge is -1.99. The van der Waals surface area contributed by atoms with Gasteiger partial charge in [-0.25, -0.2) is 9.78 Å². The Morgan fingerprint density at radius 3 is 2.71 bits per heavy atom. The summed E-state index contributed by atoms with van der Waals surface area (Å²) in [4.78, 5) is 16.4. The van der Waals surface area contributed by atoms with Crippen molar-refractivity contribution in [2.75, 3.05) is 0 Å². The standard InChI is InChI=1S/C21H14ClN3O3/c22-16-8-5-15(6-9-16)21-25-24-19(28-21)13-27-20(26)12-11-17-10-7-14-3-1-2-4-18(14)23-17/h1-12H,13H2/b12-11+. The number of pyridine rings is 1. The fourth-order valence-electron chi connectivity index (χ4n) is 2.53. The molecular formula is C21H14ClN3O3. The molecule has 28 heavy (non-hydrogen) atoms. The van der Waals surface area contributed by atoms with Gasteiger partial charge in [0.2, 0.25) is 5.89 Å². The number of para-hydroxylation sites is 1. The summed E-state index contributed by atoms with van der Waals surface area (Å²) in [5, 5.41) is 9.47. The molecule has 0 aliphatic carbocycles. The number of benzene rings is 2. The first-order chi connectivity index (χ1) is 13.7. The molecule has 0 aliphatic heterocycles. The summed E-state index contributed by atoms with van der Waals surface area (Å²) >= 11 is 5.86. The summed E-state index contributed by atoms with van der Waals surface area (Å²) in [5.41, 5.74) is 2.26. The van der Waals surface area contributed by atoms with E-state index in [9.17, 15) is 4.79 Å². The van der Waals surface area contributed by atoms with Gasteiger partial charge in [-0.05, 0) is 42.5 Å². The topological polar surface area (TPSA) is 78.1 Å². The number of carbonyl (C=O) groups is 1. The summed E-state index contributed by atoms with van der Waals surface area (Å²) in [5.74, 6) is 0.00959. The van der Waals surface area contributed by atoms with Crippen molar-refractivity contribution in [2.24, 2.45) is 0 Å². The average molecular weight is 392 g/mol. The van der Waals surface area contributed by atoms with Crippen LogP contribution in [0.25, 0.3) is 28.4 Å². The van der Waals surface area contributed by atoms with Crippen molar-refractivity contribution in [3.05, 3.63) is 83.3 Å². The molecule has 0 saturated heterocycles. The van der Waals surface area contributed by atoms with Crippen LogP contribution in [0.1, 0.15) is 11.6 Å². The van der Waals surface area contributed by atoms with E-state index < -0.39 is 5.97 Å². The molecule has 2 heterocycles. The van der Waals surface area contributed by atoms with Crippen LogP contribution in [0.4, 0.5) is 0 Å². The van der Waals surface area contributed by atoms with Gasteiger partial charge >= 0.3 is 5.97 Å². The molecule has 6 nitrogen and oxygen atoms in total. The predicted octanol–water partition coefficient (Wildman–Crippen LogP) is 4.69. The van der Waals surface area contributed by atoms with Crippen molar-refractivity contribution in [3.8, 4) is 11.5 Å². The number of fused-ring (bicyclic) bond motifs is 1. The lowest BCUT2D eigenvalue weighted by molar-refractivity contribution is -0.139. The number of ether oxygens (including phenoxy) is 1. The summed E-state index contributed by atoms with van der Waals surface area (Å²) in [6.07, 6.45) is 2.91. The van der Waals surface area contributed by atoms with Crippen molar-refractivity contribution in [2.45, 2.75) is 6.61 Å². The molecule has 0 fully saturated rings. The second-order valence-electron chi connectivity index (χ2n) is 5.88. The van der Waals surface area contributed by atoms with Gasteiger partial charge in [0.05, 0.1) is 11.2 Å². The highest BCUT2D eigenvalue weighted by Crippen LogP contribution is 2.20. The van der Waals surface area contributed by atoms with Crippen molar-refractivity contribution >= 4 is 34.5 Å². The first-order valence-corrected chi connectivity index (χ1v) is 8.84. The molecule has 2 aromatic heterocycles. The van der Waals surface area contributed by atoms with E-state index in [1.165, 1.54) is 6.08 Å². The van der Waals surface area contributed by atoms with Crippen molar-refractivity contribution in [1.82, 2.24) is 15.2 Å². The molecule has 2 aromatic carbocycles. The third-order valence-corrected chi connectivity index (χ3v) is 4.16. The van der Waals surface area contributed by atoms with E-state index in [4.69, 9.17) is 20.8 Å². The molecule has 7 heteroatoms. The number of hydrogen-bond acceptors (Lipinski definition) is 6. The van der Waals surface area contributed by atoms with Crippen LogP contribution in [-0.2, 0) is 16.1 Å². The highest BCUT2D eigenvalue weighted by atomic mass is 35.5. The normalized spacial score (nSPS) is 11.2. The van der Waals surface area contributed by atoms with E-state index in [1.54, 1.807) is 30.3 Å². The molecule has 0 spiro atoms. The monoisotopic (exact) mass is 391 g/mol. The summed E-state index contributed by atoms with van der Waals surface area (Å²) in [7, 11) is 0. The Morgan fingerprint density at radius 1 is 1.04 bits per heavy atom. The third kappa shape index (κ3) is 4.24. The zero-order valence-corrected chi connectivity index (χ0v) is 15.3. The average Bonchev–Trinajstić information content (AvgIpc) is 3.20. The Morgan fingerprint density at radius 2 is 1.86 bits per heavy atom. The summed E-state index contributed by atoms with van der Waals surface area (Å²) in [6.45, 7) is -0.116. The maximum atomic E-state index is 11.9. The number of esters is 1. The summed E-state index contributed by atoms with van der Waals surface area (Å²) < 4.78 is 10.6. The molecule has 4 rings (SSSR count). The molecular weight excluding hydrogens is 378 g/mol. The van der Waals surface area contributed by atoms with Crippen LogP contribution in [0.5, 0.6) is 0 Å². The van der Waals surface area contributed by atoms with Crippen LogP contribution in [0.2, 0.25) is 5.02 Å². The van der Waals surface area contributed by atoms with Gasteiger partial charge in [0.1, 0.15) is 0 Å². The van der Waals surface area contributed by atoms with Gasteiger partial charge in [0.15, 0.2) is 6.61 Å². The Balaban J connectivity index is 1.36. The van der Waals surface area contributed by atoms with E-state index in [2.05, 4.69) is 15.2 Å². The van der Waals surface area contributed by atoms with Crippen molar-refractivity contribution in [1.29, 1.82) is 0 Å². The van der Waals surface area contributed by atoms with Crippen LogP contribution in [0, 0.1) is 0 Å². The van der Waals surface area contributed by atoms with Crippen molar-refractivity contribution in [3.63, 3.8) is 0 Å². The van der Waals surface area contributed by atoms with Crippen LogP contribution < -0.4 is 0 Å². The minimum atomic E-state index is -0.527. The number of aromatic nitrogens is 3. The van der Waals surface area contributed by atoms with E-state index >= 15 is 0 Å². The van der Waals surface area contributed by atoms with Gasteiger partial charge in [0.25, 0.3) is 5.89 Å². The van der Waals surface area contributed by atoms with E-state index in [1.807, 2.05) is 36.4 Å². The Hall–Kier alpha value is -3.51. The Bertz CT molecular complexity index is 1150. The maximum Gasteiger partial charge on any atom is 0.331 e. The highest BCUT2D eigenvalue weighted by Gasteiger charge is 2.10. The van der Waals surface area contributed by atoms with Gasteiger partial charge in [0, 0.05) is 22.0 Å². The first-order valence-electron chi connectivity index (χ1n) is 8.46. The zero-order valence-electron chi connectivity index (χ0n) is 14.6. The second-order valence-corrected chi connectivity index (χ2v) is 6.31. The van der Waals surface area contributed by atoms with Crippen LogP contribution in [0.3, 0.4) is 0 Å². The Labute approximate surface area is 165 Å². The Kier molecular flexibility index (Phi) is 5.12. The van der Waals surface area contributed by atoms with Crippen LogP contribution in [0.15, 0.2) is 71.2 Å². The summed E-state index contributed by atoms with van der Waals surface area (Å²) in [6, 6.07) is 18.5. The fraction of sp³-hybridized carbons (Fsp3) is 0.0476. The maximum absolute atomic E-state index is 11.9. The molecule has 4 aromatic rings. The lowest BCUT2D eigenvalue weighted by atomic mass is 10.2. The molecule has 0 aliphatic rings. The van der Waals surface area contributed by atoms with Crippen LogP contribution >= 0.6 is 11.6 Å². The fourth-order valence-corrected chi connectivity index (χ4v) is 2.66. The van der Waals surface area contributed by atoms with Gasteiger partial charge in [-0.15, -0.1) is 10.2 Å². The number of nitrogens with zero attached hydrogens (tertiary/aromatic N) is 3. The van der Waals surface area contributed by atoms with E-state index in [0.717, 1.165) is 16.5 Å². The van der Waals surface area contributed by atoms with Gasteiger partial charge in [-0.2, -0.15) is 0 Å². The van der Waals surface area contributed by atoms with Gasteiger partial charge in [-0.3, -0.25) is 0 Å².